The average Bonchev–Trinajstić information content (AvgIpc) is 3.48. The fourth-order valence-electron chi connectivity index (χ4n) is 5.47. The molecule has 276 valence electrons. The average molecular weight is 732 g/mol. The van der Waals surface area contributed by atoms with Crippen molar-refractivity contribution in [2.45, 2.75) is 45.1 Å². The molecule has 0 atom stereocenters. The highest BCUT2D eigenvalue weighted by Crippen LogP contribution is 2.29. The number of nitrogens with one attached hydrogen (secondary N) is 3. The topological polar surface area (TPSA) is 147 Å². The van der Waals surface area contributed by atoms with E-state index in [0.29, 0.717) is 44.8 Å². The van der Waals surface area contributed by atoms with E-state index in [4.69, 9.17) is 21.1 Å². The number of anilines is 2. The van der Waals surface area contributed by atoms with Gasteiger partial charge >= 0.3 is 6.09 Å². The van der Waals surface area contributed by atoms with Crippen molar-refractivity contribution in [1.29, 1.82) is 0 Å². The van der Waals surface area contributed by atoms with Crippen LogP contribution in [0.4, 0.5) is 25.1 Å². The van der Waals surface area contributed by atoms with Crippen LogP contribution in [0.1, 0.15) is 59.9 Å². The van der Waals surface area contributed by atoms with Gasteiger partial charge in [-0.3, -0.25) is 14.4 Å². The van der Waals surface area contributed by atoms with Crippen LogP contribution < -0.4 is 20.9 Å². The predicted octanol–water partition coefficient (Wildman–Crippen LogP) is 4.99. The second-order valence-corrected chi connectivity index (χ2v) is 12.7. The fourth-order valence-corrected chi connectivity index (χ4v) is 5.74. The fraction of sp³-hybridized carbons (Fsp3) is 0.457. The summed E-state index contributed by atoms with van der Waals surface area (Å²) in [5.74, 6) is -2.67. The maximum absolute atomic E-state index is 14.8. The summed E-state index contributed by atoms with van der Waals surface area (Å²) in [4.78, 5) is 57.1. The number of amides is 4. The number of ether oxygens (including phenoxy) is 2. The molecule has 4 rings (SSSR count). The summed E-state index contributed by atoms with van der Waals surface area (Å²) >= 11 is 6.44. The van der Waals surface area contributed by atoms with Gasteiger partial charge in [-0.25, -0.2) is 9.18 Å². The summed E-state index contributed by atoms with van der Waals surface area (Å²) in [5.41, 5.74) is 0.887. The number of hydrogen-bond acceptors (Lipinski definition) is 8. The standard InChI is InChI=1S/C35H44ClF2N7O6/c1-5-6-17-51-35(49)39-14-19-50-18-13-30(46)45-15-11-22(12-16-45)40-33(47)24-8-7-23(20-26(24)36)41-34(48)29-10-9-28(44(29)4)25-21-27(37)32(43(2)3)42-31(25)38/h7-10,20-22H,5-6,11-19H2,1-4H3,(H,39,49)(H,40,47)(H,41,48). The first-order valence-corrected chi connectivity index (χ1v) is 17.1. The van der Waals surface area contributed by atoms with E-state index in [9.17, 15) is 28.0 Å². The Balaban J connectivity index is 1.21. The monoisotopic (exact) mass is 731 g/mol. The number of hydrogen-bond donors (Lipinski definition) is 3. The molecule has 3 aromatic rings. The van der Waals surface area contributed by atoms with Crippen LogP contribution in [0, 0.1) is 11.8 Å². The molecule has 3 heterocycles. The van der Waals surface area contributed by atoms with Crippen molar-refractivity contribution in [2.24, 2.45) is 7.05 Å². The highest BCUT2D eigenvalue weighted by molar-refractivity contribution is 6.34. The number of rotatable bonds is 15. The van der Waals surface area contributed by atoms with E-state index in [1.165, 1.54) is 33.7 Å². The Hall–Kier alpha value is -4.76. The first-order valence-electron chi connectivity index (χ1n) is 16.8. The minimum absolute atomic E-state index is 0.0457. The van der Waals surface area contributed by atoms with Crippen LogP contribution in [0.3, 0.4) is 0 Å². The van der Waals surface area contributed by atoms with E-state index >= 15 is 0 Å². The van der Waals surface area contributed by atoms with Gasteiger partial charge in [-0.1, -0.05) is 24.9 Å². The van der Waals surface area contributed by atoms with E-state index in [1.807, 2.05) is 6.92 Å². The van der Waals surface area contributed by atoms with E-state index < -0.39 is 23.8 Å². The second-order valence-electron chi connectivity index (χ2n) is 12.2. The molecule has 0 aliphatic carbocycles. The molecule has 16 heteroatoms. The first kappa shape index (κ1) is 39.0. The van der Waals surface area contributed by atoms with Crippen LogP contribution in [0.5, 0.6) is 0 Å². The number of unbranched alkanes of at least 4 members (excludes halogenated alkanes) is 1. The predicted molar refractivity (Wildman–Crippen MR) is 189 cm³/mol. The number of benzene rings is 1. The molecule has 1 saturated heterocycles. The normalized spacial score (nSPS) is 13.1. The number of carbonyl (C=O) groups excluding carboxylic acids is 4. The molecule has 2 aromatic heterocycles. The summed E-state index contributed by atoms with van der Waals surface area (Å²) in [6.07, 6.45) is 2.61. The number of alkyl carbamates (subject to hydrolysis) is 1. The van der Waals surface area contributed by atoms with Gasteiger partial charge in [0.15, 0.2) is 11.6 Å². The molecular formula is C35H44ClF2N7O6. The molecule has 0 spiro atoms. The highest BCUT2D eigenvalue weighted by Gasteiger charge is 2.25. The lowest BCUT2D eigenvalue weighted by Crippen LogP contribution is -2.46. The van der Waals surface area contributed by atoms with Gasteiger partial charge in [0.2, 0.25) is 11.9 Å². The molecule has 0 saturated carbocycles. The molecule has 1 aliphatic heterocycles. The van der Waals surface area contributed by atoms with Crippen molar-refractivity contribution in [2.75, 3.05) is 63.8 Å². The lowest BCUT2D eigenvalue weighted by atomic mass is 10.0. The van der Waals surface area contributed by atoms with Gasteiger partial charge in [0.1, 0.15) is 5.69 Å². The number of nitrogens with zero attached hydrogens (tertiary/aromatic N) is 4. The molecule has 1 aliphatic rings. The third-order valence-corrected chi connectivity index (χ3v) is 8.64. The SMILES string of the molecule is CCCCOC(=O)NCCOCCC(=O)N1CCC(NC(=O)c2ccc(NC(=O)c3ccc(-c4cc(F)c(N(C)C)nc4F)n3C)cc2Cl)CC1. The van der Waals surface area contributed by atoms with Gasteiger partial charge in [0.05, 0.1) is 48.1 Å². The summed E-state index contributed by atoms with van der Waals surface area (Å²) in [6.45, 7) is 4.14. The van der Waals surface area contributed by atoms with Gasteiger partial charge in [-0.05, 0) is 55.7 Å². The van der Waals surface area contributed by atoms with Crippen molar-refractivity contribution in [3.63, 3.8) is 0 Å². The zero-order chi connectivity index (χ0) is 37.1. The molecule has 13 nitrogen and oxygen atoms in total. The molecule has 1 aromatic carbocycles. The number of likely N-dealkylation sites (tertiary alicyclic amines) is 1. The van der Waals surface area contributed by atoms with Crippen molar-refractivity contribution >= 4 is 46.9 Å². The number of aromatic nitrogens is 2. The first-order chi connectivity index (χ1) is 24.4. The minimum Gasteiger partial charge on any atom is -0.450 e. The minimum atomic E-state index is -0.876. The molecule has 51 heavy (non-hydrogen) atoms. The second kappa shape index (κ2) is 18.5. The maximum Gasteiger partial charge on any atom is 0.407 e. The zero-order valence-corrected chi connectivity index (χ0v) is 29.9. The summed E-state index contributed by atoms with van der Waals surface area (Å²) < 4.78 is 41.2. The Morgan fingerprint density at radius 3 is 2.45 bits per heavy atom. The van der Waals surface area contributed by atoms with Crippen LogP contribution in [-0.4, -0.2) is 97.9 Å². The lowest BCUT2D eigenvalue weighted by Gasteiger charge is -2.32. The van der Waals surface area contributed by atoms with Crippen LogP contribution in [0.25, 0.3) is 11.3 Å². The van der Waals surface area contributed by atoms with E-state index in [0.717, 1.165) is 18.9 Å². The van der Waals surface area contributed by atoms with Crippen LogP contribution >= 0.6 is 11.6 Å². The lowest BCUT2D eigenvalue weighted by molar-refractivity contribution is -0.133. The molecule has 1 fully saturated rings. The van der Waals surface area contributed by atoms with Gasteiger partial charge in [0, 0.05) is 52.5 Å². The summed E-state index contributed by atoms with van der Waals surface area (Å²) in [5, 5.41) is 8.41. The third kappa shape index (κ3) is 10.6. The van der Waals surface area contributed by atoms with Crippen molar-refractivity contribution < 1.29 is 37.4 Å². The number of pyridine rings is 1. The quantitative estimate of drug-likeness (QED) is 0.146. The summed E-state index contributed by atoms with van der Waals surface area (Å²) in [7, 11) is 4.65. The summed E-state index contributed by atoms with van der Waals surface area (Å²) in [6, 6.07) is 8.36. The molecule has 0 unspecified atom stereocenters. The van der Waals surface area contributed by atoms with Gasteiger partial charge in [0.25, 0.3) is 11.8 Å². The van der Waals surface area contributed by atoms with Gasteiger partial charge in [-0.2, -0.15) is 9.37 Å². The van der Waals surface area contributed by atoms with Gasteiger partial charge in [-0.15, -0.1) is 0 Å². The molecule has 0 radical (unpaired) electrons. The number of piperidine rings is 1. The van der Waals surface area contributed by atoms with Crippen LogP contribution in [0.2, 0.25) is 5.02 Å². The van der Waals surface area contributed by atoms with Crippen LogP contribution in [-0.2, 0) is 21.3 Å². The smallest absolute Gasteiger partial charge is 0.407 e. The van der Waals surface area contributed by atoms with Gasteiger partial charge < -0.3 is 39.8 Å². The Morgan fingerprint density at radius 2 is 1.76 bits per heavy atom. The highest BCUT2D eigenvalue weighted by atomic mass is 35.5. The molecule has 0 bridgehead atoms. The van der Waals surface area contributed by atoms with Crippen molar-refractivity contribution in [1.82, 2.24) is 25.1 Å². The van der Waals surface area contributed by atoms with E-state index in [2.05, 4.69) is 20.9 Å². The molecule has 4 amide bonds. The van der Waals surface area contributed by atoms with Crippen molar-refractivity contribution in [3.8, 4) is 11.3 Å². The third-order valence-electron chi connectivity index (χ3n) is 8.33. The number of halogens is 3. The van der Waals surface area contributed by atoms with E-state index in [-0.39, 0.29) is 70.8 Å². The van der Waals surface area contributed by atoms with Crippen molar-refractivity contribution in [3.05, 3.63) is 64.4 Å². The number of carbonyl (C=O) groups is 4. The van der Waals surface area contributed by atoms with Crippen LogP contribution in [0.15, 0.2) is 36.4 Å². The Kier molecular flexibility index (Phi) is 14.1. The Morgan fingerprint density at radius 1 is 1.02 bits per heavy atom. The molecular weight excluding hydrogens is 688 g/mol. The Labute approximate surface area is 300 Å². The largest absolute Gasteiger partial charge is 0.450 e. The molecule has 3 N–H and O–H groups in total. The zero-order valence-electron chi connectivity index (χ0n) is 29.2. The maximum atomic E-state index is 14.8. The van der Waals surface area contributed by atoms with E-state index in [1.54, 1.807) is 32.1 Å². The Bertz CT molecular complexity index is 1710.